The molecule has 0 radical (unpaired) electrons. The molecule has 1 unspecified atom stereocenters. The second kappa shape index (κ2) is 6.76. The van der Waals surface area contributed by atoms with E-state index in [-0.39, 0.29) is 0 Å². The Morgan fingerprint density at radius 3 is 2.84 bits per heavy atom. The summed E-state index contributed by atoms with van der Waals surface area (Å²) < 4.78 is 5.73. The second-order valence-corrected chi connectivity index (χ2v) is 6.66. The lowest BCUT2D eigenvalue weighted by molar-refractivity contribution is -0.146. The topological polar surface area (TPSA) is 67.4 Å². The first-order valence-electron chi connectivity index (χ1n) is 8.02. The minimum atomic E-state index is -1.60. The highest BCUT2D eigenvalue weighted by atomic mass is 35.5. The van der Waals surface area contributed by atoms with E-state index in [4.69, 9.17) is 16.3 Å². The Hall–Kier alpha value is -2.53. The van der Waals surface area contributed by atoms with Gasteiger partial charge in [-0.15, -0.1) is 0 Å². The van der Waals surface area contributed by atoms with Gasteiger partial charge in [-0.3, -0.25) is 9.59 Å². The molecule has 0 spiro atoms. The van der Waals surface area contributed by atoms with E-state index in [9.17, 15) is 9.59 Å². The van der Waals surface area contributed by atoms with Crippen molar-refractivity contribution in [2.75, 3.05) is 11.9 Å². The molecule has 0 saturated carbocycles. The van der Waals surface area contributed by atoms with Crippen LogP contribution in [0.4, 0.5) is 5.69 Å². The van der Waals surface area contributed by atoms with E-state index >= 15 is 0 Å². The van der Waals surface area contributed by atoms with E-state index in [0.29, 0.717) is 29.4 Å². The van der Waals surface area contributed by atoms with Gasteiger partial charge in [0.2, 0.25) is 0 Å². The first kappa shape index (κ1) is 17.3. The van der Waals surface area contributed by atoms with Crippen molar-refractivity contribution in [3.05, 3.63) is 58.6 Å². The van der Waals surface area contributed by atoms with E-state index in [1.807, 2.05) is 37.3 Å². The van der Waals surface area contributed by atoms with Crippen molar-refractivity contribution in [3.63, 3.8) is 0 Å². The predicted octanol–water partition coefficient (Wildman–Crippen LogP) is 3.10. The zero-order chi connectivity index (χ0) is 18.0. The van der Waals surface area contributed by atoms with Crippen LogP contribution >= 0.6 is 11.6 Å². The summed E-state index contributed by atoms with van der Waals surface area (Å²) in [5.41, 5.74) is 0.982. The molecule has 130 valence electrons. The Morgan fingerprint density at radius 2 is 2.08 bits per heavy atom. The maximum Gasteiger partial charge on any atom is 0.278 e. The zero-order valence-corrected chi connectivity index (χ0v) is 14.8. The van der Waals surface area contributed by atoms with Gasteiger partial charge in [0, 0.05) is 11.6 Å². The van der Waals surface area contributed by atoms with Gasteiger partial charge in [0.15, 0.2) is 0 Å². The summed E-state index contributed by atoms with van der Waals surface area (Å²) in [6, 6.07) is 12.9. The number of hydrogen-bond acceptors (Lipinski definition) is 3. The molecule has 2 aromatic carbocycles. The number of halogens is 1. The van der Waals surface area contributed by atoms with Gasteiger partial charge < -0.3 is 15.4 Å². The van der Waals surface area contributed by atoms with E-state index in [0.717, 1.165) is 11.1 Å². The number of ether oxygens (including phenoxy) is 1. The van der Waals surface area contributed by atoms with E-state index < -0.39 is 17.4 Å². The van der Waals surface area contributed by atoms with E-state index in [2.05, 4.69) is 10.6 Å². The lowest BCUT2D eigenvalue weighted by Crippen LogP contribution is -2.58. The average molecular weight is 359 g/mol. The fourth-order valence-electron chi connectivity index (χ4n) is 2.67. The van der Waals surface area contributed by atoms with Crippen molar-refractivity contribution in [1.29, 1.82) is 0 Å². The molecular formula is C19H19ClN2O3. The number of carbonyl (C=O) groups excluding carboxylic acids is 2. The second-order valence-electron chi connectivity index (χ2n) is 6.22. The molecule has 1 aliphatic rings. The Kier molecular flexibility index (Phi) is 4.68. The van der Waals surface area contributed by atoms with Crippen LogP contribution in [0.1, 0.15) is 18.1 Å². The number of benzene rings is 2. The lowest BCUT2D eigenvalue weighted by atomic mass is 10.0. The van der Waals surface area contributed by atoms with Crippen LogP contribution in [0.15, 0.2) is 42.5 Å². The molecule has 2 N–H and O–H groups in total. The van der Waals surface area contributed by atoms with Crippen LogP contribution in [0.5, 0.6) is 5.75 Å². The van der Waals surface area contributed by atoms with Crippen LogP contribution in [-0.2, 0) is 16.0 Å². The molecule has 1 atom stereocenters. The molecular weight excluding hydrogens is 340 g/mol. The number of hydrogen-bond donors (Lipinski definition) is 2. The highest BCUT2D eigenvalue weighted by Crippen LogP contribution is 2.34. The van der Waals surface area contributed by atoms with Gasteiger partial charge in [0.25, 0.3) is 17.4 Å². The highest BCUT2D eigenvalue weighted by molar-refractivity contribution is 6.30. The number of nitrogens with one attached hydrogen (secondary N) is 2. The van der Waals surface area contributed by atoms with E-state index in [1.54, 1.807) is 12.1 Å². The standard InChI is InChI=1S/C19H19ClN2O3/c1-12-6-7-16-15(10-12)22-18(24)19(2,25-16)17(23)21-9-8-13-4-3-5-14(20)11-13/h3-7,10-11H,8-9H2,1-2H3,(H,21,23)(H,22,24). The monoisotopic (exact) mass is 358 g/mol. The Morgan fingerprint density at radius 1 is 1.28 bits per heavy atom. The summed E-state index contributed by atoms with van der Waals surface area (Å²) in [6.45, 7) is 3.77. The minimum absolute atomic E-state index is 0.381. The van der Waals surface area contributed by atoms with Crippen molar-refractivity contribution in [3.8, 4) is 5.75 Å². The molecule has 1 aliphatic heterocycles. The van der Waals surface area contributed by atoms with Crippen molar-refractivity contribution < 1.29 is 14.3 Å². The molecule has 2 amide bonds. The number of anilines is 1. The highest BCUT2D eigenvalue weighted by Gasteiger charge is 2.47. The fraction of sp³-hybridized carbons (Fsp3) is 0.263. The van der Waals surface area contributed by atoms with Crippen molar-refractivity contribution >= 4 is 29.1 Å². The first-order valence-corrected chi connectivity index (χ1v) is 8.40. The number of aryl methyl sites for hydroxylation is 1. The average Bonchev–Trinajstić information content (AvgIpc) is 2.56. The number of carbonyl (C=O) groups is 2. The van der Waals surface area contributed by atoms with Crippen LogP contribution in [0, 0.1) is 6.92 Å². The Bertz CT molecular complexity index is 837. The molecule has 0 aliphatic carbocycles. The summed E-state index contributed by atoms with van der Waals surface area (Å²) in [4.78, 5) is 24.9. The van der Waals surface area contributed by atoms with Crippen LogP contribution in [0.2, 0.25) is 5.02 Å². The molecule has 6 heteroatoms. The predicted molar refractivity (Wildman–Crippen MR) is 97.0 cm³/mol. The van der Waals surface area contributed by atoms with Crippen LogP contribution in [0.3, 0.4) is 0 Å². The molecule has 0 aromatic heterocycles. The summed E-state index contributed by atoms with van der Waals surface area (Å²) in [5.74, 6) is -0.471. The normalized spacial score (nSPS) is 18.8. The number of fused-ring (bicyclic) bond motifs is 1. The molecule has 25 heavy (non-hydrogen) atoms. The maximum absolute atomic E-state index is 12.5. The van der Waals surface area contributed by atoms with Crippen molar-refractivity contribution in [2.45, 2.75) is 25.9 Å². The molecule has 0 saturated heterocycles. The quantitative estimate of drug-likeness (QED) is 0.825. The minimum Gasteiger partial charge on any atom is -0.466 e. The summed E-state index contributed by atoms with van der Waals surface area (Å²) in [6.07, 6.45) is 0.611. The number of amides is 2. The molecule has 1 heterocycles. The van der Waals surface area contributed by atoms with Crippen LogP contribution in [0.25, 0.3) is 0 Å². The summed E-state index contributed by atoms with van der Waals surface area (Å²) in [7, 11) is 0. The largest absolute Gasteiger partial charge is 0.466 e. The molecule has 5 nitrogen and oxygen atoms in total. The summed E-state index contributed by atoms with van der Waals surface area (Å²) >= 11 is 5.95. The van der Waals surface area contributed by atoms with Crippen LogP contribution in [-0.4, -0.2) is 24.0 Å². The lowest BCUT2D eigenvalue weighted by Gasteiger charge is -2.33. The zero-order valence-electron chi connectivity index (χ0n) is 14.1. The van der Waals surface area contributed by atoms with Gasteiger partial charge in [0.05, 0.1) is 5.69 Å². The first-order chi connectivity index (χ1) is 11.9. The SMILES string of the molecule is Cc1ccc2c(c1)NC(=O)C(C)(C(=O)NCCc1cccc(Cl)c1)O2. The third-order valence-corrected chi connectivity index (χ3v) is 4.39. The Labute approximate surface area is 151 Å². The van der Waals surface area contributed by atoms with Gasteiger partial charge in [-0.05, 0) is 55.7 Å². The Balaban J connectivity index is 1.66. The van der Waals surface area contributed by atoms with Gasteiger partial charge in [-0.2, -0.15) is 0 Å². The molecule has 0 bridgehead atoms. The van der Waals surface area contributed by atoms with Gasteiger partial charge in [-0.1, -0.05) is 29.8 Å². The third-order valence-electron chi connectivity index (χ3n) is 4.15. The number of rotatable bonds is 4. The molecule has 3 rings (SSSR count). The van der Waals surface area contributed by atoms with Gasteiger partial charge >= 0.3 is 0 Å². The van der Waals surface area contributed by atoms with Crippen molar-refractivity contribution in [1.82, 2.24) is 5.32 Å². The smallest absolute Gasteiger partial charge is 0.278 e. The third kappa shape index (κ3) is 3.61. The molecule has 2 aromatic rings. The van der Waals surface area contributed by atoms with E-state index in [1.165, 1.54) is 6.92 Å². The summed E-state index contributed by atoms with van der Waals surface area (Å²) in [5, 5.41) is 6.16. The maximum atomic E-state index is 12.5. The van der Waals surface area contributed by atoms with Gasteiger partial charge in [-0.25, -0.2) is 0 Å². The van der Waals surface area contributed by atoms with Crippen molar-refractivity contribution in [2.24, 2.45) is 0 Å². The van der Waals surface area contributed by atoms with Crippen LogP contribution < -0.4 is 15.4 Å². The molecule has 0 fully saturated rings. The van der Waals surface area contributed by atoms with Gasteiger partial charge in [0.1, 0.15) is 5.75 Å². The fourth-order valence-corrected chi connectivity index (χ4v) is 2.88.